The summed E-state index contributed by atoms with van der Waals surface area (Å²) >= 11 is 0. The first-order chi connectivity index (χ1) is 13.2. The summed E-state index contributed by atoms with van der Waals surface area (Å²) in [6, 6.07) is 4.17. The molecule has 152 valence electrons. The number of Topliss-reactive ketones (excluding diaryl/α,β-unsaturated/α-hetero) is 1. The van der Waals surface area contributed by atoms with Gasteiger partial charge in [-0.1, -0.05) is 5.11 Å². The summed E-state index contributed by atoms with van der Waals surface area (Å²) in [6.45, 7) is 5.85. The highest BCUT2D eigenvalue weighted by Gasteiger charge is 2.18. The van der Waals surface area contributed by atoms with Crippen LogP contribution in [0.5, 0.6) is 11.5 Å². The van der Waals surface area contributed by atoms with E-state index in [1.807, 2.05) is 0 Å². The van der Waals surface area contributed by atoms with E-state index in [-0.39, 0.29) is 36.8 Å². The summed E-state index contributed by atoms with van der Waals surface area (Å²) in [5.74, 6) is -1.45. The van der Waals surface area contributed by atoms with Crippen LogP contribution < -0.4 is 9.47 Å². The zero-order valence-corrected chi connectivity index (χ0v) is 16.3. The van der Waals surface area contributed by atoms with Gasteiger partial charge < -0.3 is 18.9 Å². The lowest BCUT2D eigenvalue weighted by Crippen LogP contribution is -2.27. The topological polar surface area (TPSA) is 137 Å². The summed E-state index contributed by atoms with van der Waals surface area (Å²) in [5, 5.41) is 3.22. The molecule has 0 unspecified atom stereocenters. The van der Waals surface area contributed by atoms with Gasteiger partial charge in [0.15, 0.2) is 30.5 Å². The van der Waals surface area contributed by atoms with Gasteiger partial charge in [-0.15, -0.1) is 0 Å². The molecule has 0 aliphatic heterocycles. The number of hydrogen-bond acceptors (Lipinski definition) is 8. The summed E-state index contributed by atoms with van der Waals surface area (Å²) < 4.78 is 20.7. The van der Waals surface area contributed by atoms with Crippen molar-refractivity contribution in [2.45, 2.75) is 33.3 Å². The van der Waals surface area contributed by atoms with Gasteiger partial charge in [0.05, 0.1) is 13.2 Å². The third-order valence-electron chi connectivity index (χ3n) is 2.96. The van der Waals surface area contributed by atoms with Crippen molar-refractivity contribution in [2.75, 3.05) is 26.4 Å². The lowest BCUT2D eigenvalue weighted by Gasteiger charge is -2.20. The predicted octanol–water partition coefficient (Wildman–Crippen LogP) is 2.84. The Balaban J connectivity index is 2.95. The molecule has 0 fully saturated rings. The van der Waals surface area contributed by atoms with Gasteiger partial charge in [0.2, 0.25) is 0 Å². The van der Waals surface area contributed by atoms with Crippen LogP contribution in [0.25, 0.3) is 10.4 Å². The maximum absolute atomic E-state index is 12.0. The van der Waals surface area contributed by atoms with E-state index in [9.17, 15) is 14.4 Å². The fourth-order valence-corrected chi connectivity index (χ4v) is 1.95. The highest BCUT2D eigenvalue weighted by molar-refractivity contribution is 5.98. The number of esters is 2. The lowest BCUT2D eigenvalue weighted by atomic mass is 10.1. The molecule has 0 radical (unpaired) electrons. The number of ether oxygens (including phenoxy) is 4. The molecule has 1 aromatic rings. The van der Waals surface area contributed by atoms with Crippen LogP contribution in [0.4, 0.5) is 0 Å². The van der Waals surface area contributed by atoms with Crippen molar-refractivity contribution >= 4 is 17.7 Å². The van der Waals surface area contributed by atoms with Crippen molar-refractivity contribution in [1.82, 2.24) is 0 Å². The van der Waals surface area contributed by atoms with Gasteiger partial charge in [0, 0.05) is 10.5 Å². The minimum atomic E-state index is -0.665. The molecule has 0 aromatic heterocycles. The monoisotopic (exact) mass is 393 g/mol. The average Bonchev–Trinajstić information content (AvgIpc) is 2.61. The van der Waals surface area contributed by atoms with Crippen molar-refractivity contribution in [1.29, 1.82) is 0 Å². The molecule has 0 aliphatic rings. The Hall–Kier alpha value is -3.26. The molecule has 0 saturated carbocycles. The first kappa shape index (κ1) is 22.8. The average molecular weight is 393 g/mol. The van der Waals surface area contributed by atoms with Crippen molar-refractivity contribution in [3.8, 4) is 11.5 Å². The van der Waals surface area contributed by atoms with Crippen LogP contribution in [-0.2, 0) is 19.1 Å². The maximum atomic E-state index is 12.0. The molecular formula is C18H23N3O7. The second-order valence-corrected chi connectivity index (χ2v) is 6.44. The van der Waals surface area contributed by atoms with Crippen molar-refractivity contribution in [3.63, 3.8) is 0 Å². The molecule has 0 bridgehead atoms. The van der Waals surface area contributed by atoms with E-state index in [4.69, 9.17) is 24.5 Å². The normalized spacial score (nSPS) is 10.4. The zero-order valence-electron chi connectivity index (χ0n) is 16.3. The Morgan fingerprint density at radius 2 is 1.71 bits per heavy atom. The van der Waals surface area contributed by atoms with Gasteiger partial charge in [-0.05, 0) is 51.4 Å². The van der Waals surface area contributed by atoms with Crippen molar-refractivity contribution in [2.24, 2.45) is 5.11 Å². The van der Waals surface area contributed by atoms with Gasteiger partial charge in [-0.2, -0.15) is 0 Å². The predicted molar refractivity (Wildman–Crippen MR) is 98.3 cm³/mol. The number of hydrogen-bond donors (Lipinski definition) is 0. The molecule has 0 heterocycles. The van der Waals surface area contributed by atoms with Gasteiger partial charge in [0.1, 0.15) is 5.60 Å². The van der Waals surface area contributed by atoms with Gasteiger partial charge in [-0.3, -0.25) is 4.79 Å². The molecule has 0 aliphatic carbocycles. The number of nitrogens with zero attached hydrogens (tertiary/aromatic N) is 3. The van der Waals surface area contributed by atoms with E-state index in [0.29, 0.717) is 0 Å². The summed E-state index contributed by atoms with van der Waals surface area (Å²) in [5.41, 5.74) is 7.85. The van der Waals surface area contributed by atoms with E-state index in [0.717, 1.165) is 0 Å². The van der Waals surface area contributed by atoms with E-state index in [1.54, 1.807) is 27.7 Å². The van der Waals surface area contributed by atoms with E-state index in [2.05, 4.69) is 10.0 Å². The Labute approximate surface area is 162 Å². The van der Waals surface area contributed by atoms with Gasteiger partial charge in [-0.25, -0.2) is 9.59 Å². The van der Waals surface area contributed by atoms with Crippen molar-refractivity contribution in [3.05, 3.63) is 34.2 Å². The summed E-state index contributed by atoms with van der Waals surface area (Å²) in [7, 11) is 0. The van der Waals surface area contributed by atoms with E-state index >= 15 is 0 Å². The zero-order chi connectivity index (χ0) is 21.2. The molecule has 0 amide bonds. The fraction of sp³-hybridized carbons (Fsp3) is 0.500. The fourth-order valence-electron chi connectivity index (χ4n) is 1.95. The minimum Gasteiger partial charge on any atom is -0.478 e. The highest BCUT2D eigenvalue weighted by atomic mass is 16.6. The molecule has 0 spiro atoms. The number of benzene rings is 1. The Morgan fingerprint density at radius 1 is 1.07 bits per heavy atom. The van der Waals surface area contributed by atoms with Crippen LogP contribution in [0.15, 0.2) is 23.3 Å². The minimum absolute atomic E-state index is 0.0587. The van der Waals surface area contributed by atoms with Crippen molar-refractivity contribution < 1.29 is 33.3 Å². The Kier molecular flexibility index (Phi) is 8.77. The van der Waals surface area contributed by atoms with Crippen LogP contribution >= 0.6 is 0 Å². The van der Waals surface area contributed by atoms with Crippen LogP contribution in [0.1, 0.15) is 38.1 Å². The van der Waals surface area contributed by atoms with Crippen LogP contribution in [0.2, 0.25) is 0 Å². The van der Waals surface area contributed by atoms with Crippen LogP contribution in [-0.4, -0.2) is 49.7 Å². The van der Waals surface area contributed by atoms with Crippen LogP contribution in [0.3, 0.4) is 0 Å². The van der Waals surface area contributed by atoms with Crippen LogP contribution in [0, 0.1) is 0 Å². The third-order valence-corrected chi connectivity index (χ3v) is 2.96. The summed E-state index contributed by atoms with van der Waals surface area (Å²) in [6.07, 6.45) is 0. The quantitative estimate of drug-likeness (QED) is 0.196. The molecule has 10 nitrogen and oxygen atoms in total. The Bertz CT molecular complexity index is 765. The second kappa shape index (κ2) is 10.8. The first-order valence-corrected chi connectivity index (χ1v) is 8.47. The third kappa shape index (κ3) is 8.41. The SMILES string of the molecule is CCOC(=O)COc1cc(C(=O)CN=[N+]=[N-])ccc1OCC(=O)OC(C)(C)C. The number of rotatable bonds is 10. The number of carbonyl (C=O) groups excluding carboxylic acids is 3. The molecule has 10 heteroatoms. The summed E-state index contributed by atoms with van der Waals surface area (Å²) in [4.78, 5) is 37.9. The molecule has 0 atom stereocenters. The second-order valence-electron chi connectivity index (χ2n) is 6.44. The highest BCUT2D eigenvalue weighted by Crippen LogP contribution is 2.29. The number of ketones is 1. The largest absolute Gasteiger partial charge is 0.478 e. The maximum Gasteiger partial charge on any atom is 0.344 e. The van der Waals surface area contributed by atoms with E-state index in [1.165, 1.54) is 18.2 Å². The Morgan fingerprint density at radius 3 is 2.32 bits per heavy atom. The molecular weight excluding hydrogens is 370 g/mol. The molecule has 0 N–H and O–H groups in total. The molecule has 28 heavy (non-hydrogen) atoms. The number of carbonyl (C=O) groups is 3. The lowest BCUT2D eigenvalue weighted by molar-refractivity contribution is -0.157. The molecule has 0 saturated heterocycles. The smallest absolute Gasteiger partial charge is 0.344 e. The number of azide groups is 1. The molecule has 1 rings (SSSR count). The first-order valence-electron chi connectivity index (χ1n) is 8.47. The standard InChI is InChI=1S/C18H23N3O7/c1-5-25-16(23)10-27-15-8-12(13(22)9-20-21-19)6-7-14(15)26-11-17(24)28-18(2,3)4/h6-8H,5,9-11H2,1-4H3. The molecule has 1 aromatic carbocycles. The van der Waals surface area contributed by atoms with E-state index < -0.39 is 29.9 Å². The van der Waals surface area contributed by atoms with Gasteiger partial charge >= 0.3 is 11.9 Å². The van der Waals surface area contributed by atoms with Gasteiger partial charge in [0.25, 0.3) is 0 Å².